The third-order valence-corrected chi connectivity index (χ3v) is 3.91. The SMILES string of the molecule is COCCCNC(=S)NCC1CCCCC1C. The van der Waals surface area contributed by atoms with E-state index in [2.05, 4.69) is 17.6 Å². The molecule has 4 heteroatoms. The molecule has 100 valence electrons. The van der Waals surface area contributed by atoms with Crippen molar-refractivity contribution in [2.24, 2.45) is 11.8 Å². The predicted octanol–water partition coefficient (Wildman–Crippen LogP) is 2.31. The van der Waals surface area contributed by atoms with Gasteiger partial charge in [-0.15, -0.1) is 0 Å². The summed E-state index contributed by atoms with van der Waals surface area (Å²) in [6, 6.07) is 0. The molecule has 17 heavy (non-hydrogen) atoms. The van der Waals surface area contributed by atoms with Crippen LogP contribution in [0.2, 0.25) is 0 Å². The number of nitrogens with one attached hydrogen (secondary N) is 2. The number of hydrogen-bond donors (Lipinski definition) is 2. The first kappa shape index (κ1) is 14.7. The van der Waals surface area contributed by atoms with E-state index in [0.717, 1.165) is 43.1 Å². The molecule has 0 amide bonds. The van der Waals surface area contributed by atoms with Gasteiger partial charge in [0, 0.05) is 26.8 Å². The van der Waals surface area contributed by atoms with Crippen LogP contribution in [-0.2, 0) is 4.74 Å². The monoisotopic (exact) mass is 258 g/mol. The number of rotatable bonds is 6. The van der Waals surface area contributed by atoms with E-state index in [1.54, 1.807) is 7.11 Å². The Balaban J connectivity index is 2.06. The third-order valence-electron chi connectivity index (χ3n) is 3.62. The Morgan fingerprint density at radius 3 is 2.76 bits per heavy atom. The minimum absolute atomic E-state index is 0.787. The molecule has 1 aliphatic carbocycles. The highest BCUT2D eigenvalue weighted by atomic mass is 32.1. The maximum absolute atomic E-state index is 5.25. The Labute approximate surface area is 111 Å². The molecule has 0 radical (unpaired) electrons. The van der Waals surface area contributed by atoms with E-state index < -0.39 is 0 Å². The molecule has 2 atom stereocenters. The maximum atomic E-state index is 5.25. The van der Waals surface area contributed by atoms with E-state index in [4.69, 9.17) is 17.0 Å². The Bertz CT molecular complexity index is 223. The van der Waals surface area contributed by atoms with Crippen molar-refractivity contribution in [2.45, 2.75) is 39.0 Å². The van der Waals surface area contributed by atoms with Gasteiger partial charge in [0.05, 0.1) is 0 Å². The highest BCUT2D eigenvalue weighted by molar-refractivity contribution is 7.80. The van der Waals surface area contributed by atoms with Gasteiger partial charge in [-0.3, -0.25) is 0 Å². The Hall–Kier alpha value is -0.350. The Morgan fingerprint density at radius 2 is 2.06 bits per heavy atom. The normalized spacial score (nSPS) is 24.4. The predicted molar refractivity (Wildman–Crippen MR) is 76.2 cm³/mol. The fourth-order valence-electron chi connectivity index (χ4n) is 2.40. The average molecular weight is 258 g/mol. The lowest BCUT2D eigenvalue weighted by molar-refractivity contribution is 0.195. The molecular formula is C13H26N2OS. The molecule has 2 unspecified atom stereocenters. The Kier molecular flexibility index (Phi) is 7.53. The summed E-state index contributed by atoms with van der Waals surface area (Å²) in [4.78, 5) is 0. The van der Waals surface area contributed by atoms with Gasteiger partial charge >= 0.3 is 0 Å². The minimum atomic E-state index is 0.787. The first-order valence-corrected chi connectivity index (χ1v) is 7.15. The van der Waals surface area contributed by atoms with Crippen molar-refractivity contribution in [3.63, 3.8) is 0 Å². The van der Waals surface area contributed by atoms with Crippen molar-refractivity contribution in [3.8, 4) is 0 Å². The van der Waals surface area contributed by atoms with Crippen molar-refractivity contribution >= 4 is 17.3 Å². The smallest absolute Gasteiger partial charge is 0.166 e. The zero-order chi connectivity index (χ0) is 12.5. The molecule has 1 saturated carbocycles. The van der Waals surface area contributed by atoms with E-state index in [-0.39, 0.29) is 0 Å². The molecule has 2 N–H and O–H groups in total. The lowest BCUT2D eigenvalue weighted by atomic mass is 9.80. The van der Waals surface area contributed by atoms with Crippen molar-refractivity contribution in [1.29, 1.82) is 0 Å². The number of ether oxygens (including phenoxy) is 1. The topological polar surface area (TPSA) is 33.3 Å². The first-order valence-electron chi connectivity index (χ1n) is 6.74. The summed E-state index contributed by atoms with van der Waals surface area (Å²) in [6.45, 7) is 5.06. The van der Waals surface area contributed by atoms with Crippen LogP contribution in [0.4, 0.5) is 0 Å². The average Bonchev–Trinajstić information content (AvgIpc) is 2.34. The maximum Gasteiger partial charge on any atom is 0.166 e. The van der Waals surface area contributed by atoms with E-state index in [1.807, 2.05) is 0 Å². The molecule has 3 nitrogen and oxygen atoms in total. The summed E-state index contributed by atoms with van der Waals surface area (Å²) in [6.07, 6.45) is 6.50. The minimum Gasteiger partial charge on any atom is -0.385 e. The summed E-state index contributed by atoms with van der Waals surface area (Å²) in [5.74, 6) is 1.63. The molecule has 0 bridgehead atoms. The van der Waals surface area contributed by atoms with E-state index >= 15 is 0 Å². The van der Waals surface area contributed by atoms with Crippen molar-refractivity contribution in [2.75, 3.05) is 26.8 Å². The van der Waals surface area contributed by atoms with Gasteiger partial charge < -0.3 is 15.4 Å². The molecule has 1 aliphatic rings. The molecule has 0 aliphatic heterocycles. The third kappa shape index (κ3) is 6.22. The summed E-state index contributed by atoms with van der Waals surface area (Å²) < 4.78 is 4.99. The van der Waals surface area contributed by atoms with Gasteiger partial charge in [-0.2, -0.15) is 0 Å². The van der Waals surface area contributed by atoms with Crippen LogP contribution in [0.1, 0.15) is 39.0 Å². The van der Waals surface area contributed by atoms with Gasteiger partial charge in [0.2, 0.25) is 0 Å². The van der Waals surface area contributed by atoms with Crippen LogP contribution in [0.3, 0.4) is 0 Å². The number of thiocarbonyl (C=S) groups is 1. The summed E-state index contributed by atoms with van der Waals surface area (Å²) in [7, 11) is 1.72. The largest absolute Gasteiger partial charge is 0.385 e. The van der Waals surface area contributed by atoms with Gasteiger partial charge in [-0.1, -0.05) is 26.2 Å². The molecule has 0 aromatic heterocycles. The molecule has 0 heterocycles. The lowest BCUT2D eigenvalue weighted by Gasteiger charge is -2.29. The lowest BCUT2D eigenvalue weighted by Crippen LogP contribution is -2.40. The van der Waals surface area contributed by atoms with Crippen LogP contribution in [0.15, 0.2) is 0 Å². The fraction of sp³-hybridized carbons (Fsp3) is 0.923. The zero-order valence-electron chi connectivity index (χ0n) is 11.1. The molecule has 0 aromatic rings. The fourth-order valence-corrected chi connectivity index (χ4v) is 2.59. The summed E-state index contributed by atoms with van der Waals surface area (Å²) >= 11 is 5.25. The second-order valence-electron chi connectivity index (χ2n) is 5.00. The quantitative estimate of drug-likeness (QED) is 0.566. The van der Waals surface area contributed by atoms with Crippen LogP contribution in [0.5, 0.6) is 0 Å². The highest BCUT2D eigenvalue weighted by Gasteiger charge is 2.20. The molecule has 0 saturated heterocycles. The second kappa shape index (κ2) is 8.70. The van der Waals surface area contributed by atoms with Crippen molar-refractivity contribution in [1.82, 2.24) is 10.6 Å². The van der Waals surface area contributed by atoms with Gasteiger partial charge in [0.25, 0.3) is 0 Å². The molecule has 0 aromatic carbocycles. The molecule has 1 rings (SSSR count). The van der Waals surface area contributed by atoms with Crippen LogP contribution in [-0.4, -0.2) is 31.9 Å². The summed E-state index contributed by atoms with van der Waals surface area (Å²) in [5, 5.41) is 7.34. The second-order valence-corrected chi connectivity index (χ2v) is 5.41. The van der Waals surface area contributed by atoms with Crippen LogP contribution in [0.25, 0.3) is 0 Å². The van der Waals surface area contributed by atoms with Gasteiger partial charge in [-0.05, 0) is 36.9 Å². The van der Waals surface area contributed by atoms with E-state index in [0.29, 0.717) is 0 Å². The highest BCUT2D eigenvalue weighted by Crippen LogP contribution is 2.28. The van der Waals surface area contributed by atoms with E-state index in [1.165, 1.54) is 25.7 Å². The summed E-state index contributed by atoms with van der Waals surface area (Å²) in [5.41, 5.74) is 0. The van der Waals surface area contributed by atoms with Gasteiger partial charge in [0.1, 0.15) is 0 Å². The number of hydrogen-bond acceptors (Lipinski definition) is 2. The number of methoxy groups -OCH3 is 1. The van der Waals surface area contributed by atoms with Crippen molar-refractivity contribution in [3.05, 3.63) is 0 Å². The van der Waals surface area contributed by atoms with Crippen molar-refractivity contribution < 1.29 is 4.74 Å². The molecule has 1 fully saturated rings. The van der Waals surface area contributed by atoms with Gasteiger partial charge in [-0.25, -0.2) is 0 Å². The van der Waals surface area contributed by atoms with E-state index in [9.17, 15) is 0 Å². The van der Waals surface area contributed by atoms with Crippen LogP contribution in [0, 0.1) is 11.8 Å². The zero-order valence-corrected chi connectivity index (χ0v) is 11.9. The van der Waals surface area contributed by atoms with Gasteiger partial charge in [0.15, 0.2) is 5.11 Å². The molecule has 0 spiro atoms. The van der Waals surface area contributed by atoms with Crippen LogP contribution < -0.4 is 10.6 Å². The first-order chi connectivity index (χ1) is 8.24. The molecular weight excluding hydrogens is 232 g/mol. The Morgan fingerprint density at radius 1 is 1.29 bits per heavy atom. The van der Waals surface area contributed by atoms with Crippen LogP contribution >= 0.6 is 12.2 Å². The standard InChI is InChI=1S/C13H26N2OS/c1-11-6-3-4-7-12(11)10-15-13(17)14-8-5-9-16-2/h11-12H,3-10H2,1-2H3,(H2,14,15,17).